The lowest BCUT2D eigenvalue weighted by Crippen LogP contribution is -2.58. The van der Waals surface area contributed by atoms with Crippen LogP contribution in [0.2, 0.25) is 0 Å². The minimum atomic E-state index is 0.396. The first-order chi connectivity index (χ1) is 18.9. The number of hydrogen-bond donors (Lipinski definition) is 2. The van der Waals surface area contributed by atoms with Gasteiger partial charge in [-0.2, -0.15) is 0 Å². The summed E-state index contributed by atoms with van der Waals surface area (Å²) in [7, 11) is 0. The summed E-state index contributed by atoms with van der Waals surface area (Å²) in [6.45, 7) is 26.5. The molecule has 4 nitrogen and oxygen atoms in total. The van der Waals surface area contributed by atoms with E-state index in [0.29, 0.717) is 47.3 Å². The molecule has 0 aromatic heterocycles. The van der Waals surface area contributed by atoms with Crippen LogP contribution in [-0.2, 0) is 0 Å². The molecular weight excluding hydrogens is 488 g/mol. The van der Waals surface area contributed by atoms with Crippen LogP contribution in [0.1, 0.15) is 172 Å². The van der Waals surface area contributed by atoms with Gasteiger partial charge in [0.25, 0.3) is 0 Å². The van der Waals surface area contributed by atoms with E-state index in [1.54, 1.807) is 0 Å². The van der Waals surface area contributed by atoms with Gasteiger partial charge < -0.3 is 10.6 Å². The molecule has 2 atom stereocenters. The predicted molar refractivity (Wildman–Crippen MR) is 178 cm³/mol. The summed E-state index contributed by atoms with van der Waals surface area (Å²) in [4.78, 5) is 5.72. The van der Waals surface area contributed by atoms with Gasteiger partial charge in [0.1, 0.15) is 0 Å². The van der Waals surface area contributed by atoms with Crippen molar-refractivity contribution in [2.45, 2.75) is 219 Å². The fourth-order valence-electron chi connectivity index (χ4n) is 9.52. The quantitative estimate of drug-likeness (QED) is 0.154. The average Bonchev–Trinajstić information content (AvgIpc) is 2.85. The van der Waals surface area contributed by atoms with Crippen LogP contribution in [0.4, 0.5) is 0 Å². The third-order valence-electron chi connectivity index (χ3n) is 10.4. The first-order valence-electron chi connectivity index (χ1n) is 18.0. The molecule has 2 saturated carbocycles. The number of rotatable bonds is 19. The minimum Gasteiger partial charge on any atom is -0.314 e. The Labute approximate surface area is 252 Å². The van der Waals surface area contributed by atoms with E-state index in [-0.39, 0.29) is 0 Å². The second-order valence-electron chi connectivity index (χ2n) is 15.3. The molecule has 4 heteroatoms. The highest BCUT2D eigenvalue weighted by Gasteiger charge is 2.42. The Morgan fingerprint density at radius 1 is 0.450 bits per heavy atom. The zero-order valence-electron chi connectivity index (χ0n) is 29.1. The number of nitrogens with zero attached hydrogens (tertiary/aromatic N) is 2. The highest BCUT2D eigenvalue weighted by Crippen LogP contribution is 2.41. The van der Waals surface area contributed by atoms with Crippen LogP contribution in [-0.4, -0.2) is 70.2 Å². The lowest BCUT2D eigenvalue weighted by atomic mass is 9.75. The standard InChI is InChI=1S/C36H74N4/c1-29(2)39(30(3)4)35(21-15-13-16-22-35)27-33(9)37-25-19-11-12-20-26-38-34(10)28-36(23-17-14-18-24-36)40(31(5)6)32(7)8/h29-34,37-38H,11-28H2,1-10H3. The van der Waals surface area contributed by atoms with Gasteiger partial charge in [-0.05, 0) is 134 Å². The van der Waals surface area contributed by atoms with Gasteiger partial charge in [-0.15, -0.1) is 0 Å². The summed E-state index contributed by atoms with van der Waals surface area (Å²) < 4.78 is 0. The molecule has 2 fully saturated rings. The maximum absolute atomic E-state index is 3.93. The maximum Gasteiger partial charge on any atom is 0.0229 e. The van der Waals surface area contributed by atoms with Gasteiger partial charge in [-0.3, -0.25) is 9.80 Å². The molecule has 0 aromatic rings. The Kier molecular flexibility index (Phi) is 16.1. The Morgan fingerprint density at radius 3 is 1.02 bits per heavy atom. The third-order valence-corrected chi connectivity index (χ3v) is 10.4. The Morgan fingerprint density at radius 2 is 0.750 bits per heavy atom. The average molecular weight is 563 g/mol. The largest absolute Gasteiger partial charge is 0.314 e. The molecule has 0 amide bonds. The molecular formula is C36H74N4. The normalized spacial score (nSPS) is 21.3. The monoisotopic (exact) mass is 563 g/mol. The Bertz CT molecular complexity index is 573. The molecule has 0 aliphatic heterocycles. The van der Waals surface area contributed by atoms with Gasteiger partial charge in [0.2, 0.25) is 0 Å². The van der Waals surface area contributed by atoms with E-state index >= 15 is 0 Å². The highest BCUT2D eigenvalue weighted by atomic mass is 15.3. The van der Waals surface area contributed by atoms with Gasteiger partial charge in [-0.1, -0.05) is 51.4 Å². The van der Waals surface area contributed by atoms with Crippen molar-refractivity contribution in [1.82, 2.24) is 20.4 Å². The van der Waals surface area contributed by atoms with E-state index in [0.717, 1.165) is 0 Å². The first kappa shape index (κ1) is 36.0. The van der Waals surface area contributed by atoms with Crippen molar-refractivity contribution < 1.29 is 0 Å². The molecule has 0 saturated heterocycles. The summed E-state index contributed by atoms with van der Waals surface area (Å²) >= 11 is 0. The van der Waals surface area contributed by atoms with E-state index in [1.807, 2.05) is 0 Å². The fourth-order valence-corrected chi connectivity index (χ4v) is 9.52. The van der Waals surface area contributed by atoms with Crippen molar-refractivity contribution in [1.29, 1.82) is 0 Å². The summed E-state index contributed by atoms with van der Waals surface area (Å²) in [5, 5.41) is 7.86. The van der Waals surface area contributed by atoms with Crippen LogP contribution in [0, 0.1) is 0 Å². The molecule has 0 spiro atoms. The molecule has 0 heterocycles. The van der Waals surface area contributed by atoms with E-state index in [9.17, 15) is 0 Å². The second kappa shape index (κ2) is 17.8. The molecule has 0 aromatic carbocycles. The first-order valence-corrected chi connectivity index (χ1v) is 18.0. The molecule has 2 aliphatic carbocycles. The van der Waals surface area contributed by atoms with Crippen LogP contribution < -0.4 is 10.6 Å². The molecule has 0 bridgehead atoms. The molecule has 238 valence electrons. The molecule has 2 unspecified atom stereocenters. The highest BCUT2D eigenvalue weighted by molar-refractivity contribution is 4.99. The summed E-state index contributed by atoms with van der Waals surface area (Å²) in [5.41, 5.74) is 0.792. The van der Waals surface area contributed by atoms with Gasteiger partial charge in [0.05, 0.1) is 0 Å². The number of unbranched alkanes of at least 4 members (excludes halogenated alkanes) is 3. The van der Waals surface area contributed by atoms with Crippen LogP contribution in [0.5, 0.6) is 0 Å². The zero-order valence-corrected chi connectivity index (χ0v) is 29.1. The van der Waals surface area contributed by atoms with Gasteiger partial charge in [0, 0.05) is 47.3 Å². The van der Waals surface area contributed by atoms with Crippen molar-refractivity contribution in [3.05, 3.63) is 0 Å². The lowest BCUT2D eigenvalue weighted by molar-refractivity contribution is -0.0144. The summed E-state index contributed by atoms with van der Waals surface area (Å²) in [5.74, 6) is 0. The Balaban J connectivity index is 1.69. The van der Waals surface area contributed by atoms with Crippen molar-refractivity contribution in [3.63, 3.8) is 0 Å². The fraction of sp³-hybridized carbons (Fsp3) is 1.00. The molecule has 2 rings (SSSR count). The summed E-state index contributed by atoms with van der Waals surface area (Å²) in [6, 6.07) is 3.70. The van der Waals surface area contributed by atoms with E-state index in [1.165, 1.54) is 116 Å². The van der Waals surface area contributed by atoms with Gasteiger partial charge in [0.15, 0.2) is 0 Å². The van der Waals surface area contributed by atoms with Crippen molar-refractivity contribution in [3.8, 4) is 0 Å². The lowest BCUT2D eigenvalue weighted by Gasteiger charge is -2.52. The predicted octanol–water partition coefficient (Wildman–Crippen LogP) is 8.93. The van der Waals surface area contributed by atoms with Crippen molar-refractivity contribution in [2.75, 3.05) is 13.1 Å². The number of hydrogen-bond acceptors (Lipinski definition) is 4. The van der Waals surface area contributed by atoms with Crippen molar-refractivity contribution in [2.24, 2.45) is 0 Å². The van der Waals surface area contributed by atoms with E-state index in [2.05, 4.69) is 89.7 Å². The van der Waals surface area contributed by atoms with Crippen LogP contribution in [0.15, 0.2) is 0 Å². The van der Waals surface area contributed by atoms with Crippen LogP contribution >= 0.6 is 0 Å². The van der Waals surface area contributed by atoms with Gasteiger partial charge >= 0.3 is 0 Å². The molecule has 2 N–H and O–H groups in total. The summed E-state index contributed by atoms with van der Waals surface area (Å²) in [6.07, 6.45) is 21.9. The van der Waals surface area contributed by atoms with E-state index < -0.39 is 0 Å². The second-order valence-corrected chi connectivity index (χ2v) is 15.3. The molecule has 0 radical (unpaired) electrons. The van der Waals surface area contributed by atoms with Crippen molar-refractivity contribution >= 4 is 0 Å². The zero-order chi connectivity index (χ0) is 29.8. The van der Waals surface area contributed by atoms with Crippen LogP contribution in [0.25, 0.3) is 0 Å². The minimum absolute atomic E-state index is 0.396. The van der Waals surface area contributed by atoms with E-state index in [4.69, 9.17) is 0 Å². The topological polar surface area (TPSA) is 30.5 Å². The molecule has 40 heavy (non-hydrogen) atoms. The number of nitrogens with one attached hydrogen (secondary N) is 2. The SMILES string of the molecule is CC(CC1(N(C(C)C)C(C)C)CCCCC1)NCCCCCCNC(C)CC1(N(C(C)C)C(C)C)CCCCC1. The maximum atomic E-state index is 3.93. The van der Waals surface area contributed by atoms with Gasteiger partial charge in [-0.25, -0.2) is 0 Å². The Hall–Kier alpha value is -0.160. The molecule has 2 aliphatic rings. The van der Waals surface area contributed by atoms with Crippen LogP contribution in [0.3, 0.4) is 0 Å². The smallest absolute Gasteiger partial charge is 0.0229 e. The third kappa shape index (κ3) is 10.8.